The zero-order chi connectivity index (χ0) is 25.9. The number of amides is 2. The second-order valence-corrected chi connectivity index (χ2v) is 8.64. The lowest BCUT2D eigenvalue weighted by atomic mass is 10.1. The molecule has 0 saturated heterocycles. The van der Waals surface area contributed by atoms with Gasteiger partial charge in [-0.3, -0.25) is 9.59 Å². The predicted molar refractivity (Wildman–Crippen MR) is 149 cm³/mol. The molecule has 4 aromatic carbocycles. The van der Waals surface area contributed by atoms with Gasteiger partial charge in [0.15, 0.2) is 0 Å². The number of benzene rings is 4. The monoisotopic (exact) mass is 493 g/mol. The summed E-state index contributed by atoms with van der Waals surface area (Å²) in [4.78, 5) is 26.7. The number of carbonyl (C=O) groups is 2. The topological polar surface area (TPSA) is 70.7 Å². The molecule has 0 heterocycles. The summed E-state index contributed by atoms with van der Waals surface area (Å²) in [6.45, 7) is 0.770. The van der Waals surface area contributed by atoms with Crippen molar-refractivity contribution in [2.45, 2.75) is 12.8 Å². The number of hydrogen-bond acceptors (Lipinski definition) is 4. The number of carbonyl (C=O) groups excluding carboxylic acids is 2. The van der Waals surface area contributed by atoms with Gasteiger partial charge < -0.3 is 20.3 Å². The van der Waals surface area contributed by atoms with Crippen molar-refractivity contribution in [1.29, 1.82) is 0 Å². The molecule has 37 heavy (non-hydrogen) atoms. The Kier molecular flexibility index (Phi) is 8.92. The minimum atomic E-state index is -0.179. The maximum absolute atomic E-state index is 12.7. The summed E-state index contributed by atoms with van der Waals surface area (Å²) in [5, 5.41) is 5.96. The summed E-state index contributed by atoms with van der Waals surface area (Å²) in [6.07, 6.45) is 1.93. The van der Waals surface area contributed by atoms with Crippen LogP contribution in [0.25, 0.3) is 0 Å². The fourth-order valence-corrected chi connectivity index (χ4v) is 3.83. The highest BCUT2D eigenvalue weighted by Crippen LogP contribution is 2.18. The van der Waals surface area contributed by atoms with Gasteiger partial charge >= 0.3 is 0 Å². The second kappa shape index (κ2) is 12.9. The zero-order valence-electron chi connectivity index (χ0n) is 20.9. The van der Waals surface area contributed by atoms with Gasteiger partial charge in [-0.05, 0) is 79.1 Å². The number of hydrogen-bond donors (Lipinski definition) is 2. The summed E-state index contributed by atoms with van der Waals surface area (Å²) >= 11 is 0. The van der Waals surface area contributed by atoms with Crippen molar-refractivity contribution >= 4 is 28.9 Å². The average molecular weight is 494 g/mol. The van der Waals surface area contributed by atoms with Gasteiger partial charge in [0, 0.05) is 29.7 Å². The minimum Gasteiger partial charge on any atom is -0.494 e. The molecule has 0 fully saturated rings. The number of aryl methyl sites for hydroxylation is 1. The summed E-state index contributed by atoms with van der Waals surface area (Å²) in [7, 11) is 1.74. The molecule has 6 heteroatoms. The van der Waals surface area contributed by atoms with Crippen molar-refractivity contribution in [3.05, 3.63) is 120 Å². The van der Waals surface area contributed by atoms with Crippen LogP contribution in [0.15, 0.2) is 109 Å². The van der Waals surface area contributed by atoms with E-state index in [1.807, 2.05) is 72.8 Å². The van der Waals surface area contributed by atoms with E-state index in [2.05, 4.69) is 22.8 Å². The van der Waals surface area contributed by atoms with Crippen molar-refractivity contribution in [2.24, 2.45) is 0 Å². The van der Waals surface area contributed by atoms with Gasteiger partial charge in [-0.15, -0.1) is 0 Å². The van der Waals surface area contributed by atoms with E-state index in [1.165, 1.54) is 5.56 Å². The Morgan fingerprint density at radius 2 is 1.38 bits per heavy atom. The number of ether oxygens (including phenoxy) is 1. The van der Waals surface area contributed by atoms with E-state index < -0.39 is 0 Å². The smallest absolute Gasteiger partial charge is 0.258 e. The molecule has 0 spiro atoms. The molecule has 6 nitrogen and oxygen atoms in total. The molecule has 188 valence electrons. The molecule has 0 aliphatic heterocycles. The van der Waals surface area contributed by atoms with E-state index in [1.54, 1.807) is 36.2 Å². The molecule has 0 saturated carbocycles. The van der Waals surface area contributed by atoms with Gasteiger partial charge in [-0.1, -0.05) is 48.5 Å². The van der Waals surface area contributed by atoms with Crippen LogP contribution in [-0.4, -0.2) is 32.0 Å². The van der Waals surface area contributed by atoms with Crippen LogP contribution < -0.4 is 20.3 Å². The molecule has 2 amide bonds. The molecular formula is C31H31N3O3. The summed E-state index contributed by atoms with van der Waals surface area (Å²) in [6, 6.07) is 34.3. The van der Waals surface area contributed by atoms with Gasteiger partial charge in [0.2, 0.25) is 5.91 Å². The van der Waals surface area contributed by atoms with Crippen LogP contribution in [0, 0.1) is 0 Å². The number of nitrogens with one attached hydrogen (secondary N) is 2. The van der Waals surface area contributed by atoms with Crippen LogP contribution in [0.3, 0.4) is 0 Å². The first-order valence-corrected chi connectivity index (χ1v) is 12.3. The molecule has 0 aromatic heterocycles. The highest BCUT2D eigenvalue weighted by Gasteiger charge is 2.13. The van der Waals surface area contributed by atoms with Gasteiger partial charge in [-0.2, -0.15) is 0 Å². The Bertz CT molecular complexity index is 1280. The lowest BCUT2D eigenvalue weighted by Gasteiger charge is -2.17. The first-order chi connectivity index (χ1) is 18.1. The van der Waals surface area contributed by atoms with E-state index in [0.717, 1.165) is 30.0 Å². The first-order valence-electron chi connectivity index (χ1n) is 12.3. The standard InChI is InChI=1S/C31H31N3O3/c1-34(28-12-6-3-7-13-28)31(36)25-14-16-27(17-15-25)33-30(35)23-32-26-18-20-29(21-19-26)37-22-8-11-24-9-4-2-5-10-24/h2-7,9-10,12-21,32H,8,11,22-23H2,1H3,(H,33,35). The molecule has 0 aliphatic rings. The Balaban J connectivity index is 1.18. The Morgan fingerprint density at radius 1 is 0.757 bits per heavy atom. The van der Waals surface area contributed by atoms with Crippen LogP contribution in [0.2, 0.25) is 0 Å². The number of para-hydroxylation sites is 1. The largest absolute Gasteiger partial charge is 0.494 e. The number of nitrogens with zero attached hydrogens (tertiary/aromatic N) is 1. The quantitative estimate of drug-likeness (QED) is 0.251. The predicted octanol–water partition coefficient (Wildman–Crippen LogP) is 6.03. The Morgan fingerprint density at radius 3 is 2.05 bits per heavy atom. The Hall–Kier alpha value is -4.58. The van der Waals surface area contributed by atoms with Crippen molar-refractivity contribution in [3.63, 3.8) is 0 Å². The van der Waals surface area contributed by atoms with Crippen LogP contribution >= 0.6 is 0 Å². The van der Waals surface area contributed by atoms with Crippen molar-refractivity contribution in [2.75, 3.05) is 35.7 Å². The molecular weight excluding hydrogens is 462 g/mol. The van der Waals surface area contributed by atoms with Crippen LogP contribution in [0.4, 0.5) is 17.1 Å². The van der Waals surface area contributed by atoms with E-state index in [9.17, 15) is 9.59 Å². The summed E-state index contributed by atoms with van der Waals surface area (Å²) in [5.41, 5.74) is 4.13. The highest BCUT2D eigenvalue weighted by atomic mass is 16.5. The zero-order valence-corrected chi connectivity index (χ0v) is 20.9. The van der Waals surface area contributed by atoms with Crippen LogP contribution in [0.5, 0.6) is 5.75 Å². The maximum atomic E-state index is 12.7. The third kappa shape index (κ3) is 7.70. The average Bonchev–Trinajstić information content (AvgIpc) is 2.95. The molecule has 0 unspecified atom stereocenters. The van der Waals surface area contributed by atoms with Gasteiger partial charge in [0.1, 0.15) is 5.75 Å². The highest BCUT2D eigenvalue weighted by molar-refractivity contribution is 6.06. The fourth-order valence-electron chi connectivity index (χ4n) is 3.83. The van der Waals surface area contributed by atoms with Gasteiger partial charge in [-0.25, -0.2) is 0 Å². The Labute approximate surface area is 217 Å². The van der Waals surface area contributed by atoms with E-state index in [4.69, 9.17) is 4.74 Å². The molecule has 4 aromatic rings. The lowest BCUT2D eigenvalue weighted by molar-refractivity contribution is -0.114. The van der Waals surface area contributed by atoms with Gasteiger partial charge in [0.25, 0.3) is 5.91 Å². The summed E-state index contributed by atoms with van der Waals surface area (Å²) < 4.78 is 5.82. The fraction of sp³-hybridized carbons (Fsp3) is 0.161. The van der Waals surface area contributed by atoms with E-state index in [-0.39, 0.29) is 18.4 Å². The second-order valence-electron chi connectivity index (χ2n) is 8.64. The van der Waals surface area contributed by atoms with Crippen LogP contribution in [0.1, 0.15) is 22.3 Å². The van der Waals surface area contributed by atoms with Crippen molar-refractivity contribution in [1.82, 2.24) is 0 Å². The summed E-state index contributed by atoms with van der Waals surface area (Å²) in [5.74, 6) is 0.506. The van der Waals surface area contributed by atoms with E-state index >= 15 is 0 Å². The SMILES string of the molecule is CN(C(=O)c1ccc(NC(=O)CNc2ccc(OCCCc3ccccc3)cc2)cc1)c1ccccc1. The van der Waals surface area contributed by atoms with Crippen molar-refractivity contribution in [3.8, 4) is 5.75 Å². The molecule has 4 rings (SSSR count). The first kappa shape index (κ1) is 25.5. The van der Waals surface area contributed by atoms with Gasteiger partial charge in [0.05, 0.1) is 13.2 Å². The minimum absolute atomic E-state index is 0.116. The third-order valence-electron chi connectivity index (χ3n) is 5.89. The van der Waals surface area contributed by atoms with E-state index in [0.29, 0.717) is 17.9 Å². The maximum Gasteiger partial charge on any atom is 0.258 e. The third-order valence-corrected chi connectivity index (χ3v) is 5.89. The molecule has 0 atom stereocenters. The van der Waals surface area contributed by atoms with Crippen LogP contribution in [-0.2, 0) is 11.2 Å². The normalized spacial score (nSPS) is 10.4. The van der Waals surface area contributed by atoms with Crippen molar-refractivity contribution < 1.29 is 14.3 Å². The molecule has 0 aliphatic carbocycles. The number of anilines is 3. The number of rotatable bonds is 11. The molecule has 0 bridgehead atoms. The molecule has 2 N–H and O–H groups in total. The molecule has 0 radical (unpaired) electrons. The lowest BCUT2D eigenvalue weighted by Crippen LogP contribution is -2.26.